The number of para-hydroxylation sites is 1. The molecule has 0 aliphatic carbocycles. The second kappa shape index (κ2) is 6.51. The third-order valence-corrected chi connectivity index (χ3v) is 4.34. The van der Waals surface area contributed by atoms with Gasteiger partial charge in [-0.1, -0.05) is 30.3 Å². The average molecular weight is 374 g/mol. The number of rotatable bonds is 3. The number of carbonyl (C=O) groups excluding carboxylic acids is 2. The minimum Gasteiger partial charge on any atom is -0.478 e. The number of anilines is 1. The van der Waals surface area contributed by atoms with E-state index in [1.54, 1.807) is 36.4 Å². The molecule has 2 heterocycles. The van der Waals surface area contributed by atoms with E-state index in [1.165, 1.54) is 22.9 Å². The number of carbonyl (C=O) groups is 3. The molecular weight excluding hydrogens is 360 g/mol. The Kier molecular flexibility index (Phi) is 4.00. The van der Waals surface area contributed by atoms with E-state index in [2.05, 4.69) is 10.4 Å². The van der Waals surface area contributed by atoms with Gasteiger partial charge in [-0.2, -0.15) is 5.10 Å². The predicted molar refractivity (Wildman–Crippen MR) is 102 cm³/mol. The number of aromatic carboxylic acids is 1. The first-order chi connectivity index (χ1) is 13.5. The molecule has 8 heteroatoms. The van der Waals surface area contributed by atoms with Gasteiger partial charge in [0.1, 0.15) is 17.1 Å². The van der Waals surface area contributed by atoms with Crippen LogP contribution < -0.4 is 11.1 Å². The van der Waals surface area contributed by atoms with Gasteiger partial charge in [0, 0.05) is 0 Å². The van der Waals surface area contributed by atoms with E-state index in [4.69, 9.17) is 10.8 Å². The summed E-state index contributed by atoms with van der Waals surface area (Å²) in [5.41, 5.74) is 7.97. The number of hydrogen-bond donors (Lipinski definition) is 3. The zero-order chi connectivity index (χ0) is 19.8. The predicted octanol–water partition coefficient (Wildman–Crippen LogP) is 1.96. The highest BCUT2D eigenvalue weighted by Crippen LogP contribution is 2.30. The van der Waals surface area contributed by atoms with Crippen molar-refractivity contribution in [3.05, 3.63) is 77.0 Å². The monoisotopic (exact) mass is 374 g/mol. The van der Waals surface area contributed by atoms with Gasteiger partial charge in [0.2, 0.25) is 0 Å². The van der Waals surface area contributed by atoms with E-state index in [9.17, 15) is 14.4 Å². The van der Waals surface area contributed by atoms with Crippen molar-refractivity contribution in [1.29, 1.82) is 0 Å². The number of imide groups is 1. The van der Waals surface area contributed by atoms with Crippen LogP contribution in [0.1, 0.15) is 32.0 Å². The quantitative estimate of drug-likeness (QED) is 0.475. The molecule has 4 N–H and O–H groups in total. The highest BCUT2D eigenvalue weighted by molar-refractivity contribution is 6.34. The molecule has 2 amide bonds. The number of fused-ring (bicyclic) bond motifs is 1. The van der Waals surface area contributed by atoms with Crippen molar-refractivity contribution >= 4 is 35.3 Å². The summed E-state index contributed by atoms with van der Waals surface area (Å²) in [6, 6.07) is 15.0. The highest BCUT2D eigenvalue weighted by atomic mass is 16.4. The normalized spacial score (nSPS) is 14.6. The van der Waals surface area contributed by atoms with Crippen molar-refractivity contribution in [2.75, 3.05) is 5.73 Å². The molecule has 0 spiro atoms. The van der Waals surface area contributed by atoms with Crippen molar-refractivity contribution in [2.24, 2.45) is 0 Å². The lowest BCUT2D eigenvalue weighted by Gasteiger charge is -2.13. The minimum atomic E-state index is -1.04. The Morgan fingerprint density at radius 1 is 1.04 bits per heavy atom. The molecular formula is C20H14N4O4. The Balaban J connectivity index is 1.85. The molecule has 2 aromatic carbocycles. The molecule has 1 aliphatic rings. The van der Waals surface area contributed by atoms with Crippen molar-refractivity contribution in [3.63, 3.8) is 0 Å². The van der Waals surface area contributed by atoms with E-state index in [1.807, 2.05) is 6.07 Å². The zero-order valence-corrected chi connectivity index (χ0v) is 14.4. The summed E-state index contributed by atoms with van der Waals surface area (Å²) in [5.74, 6) is -2.13. The van der Waals surface area contributed by atoms with Crippen LogP contribution in [-0.2, 0) is 4.79 Å². The van der Waals surface area contributed by atoms with Gasteiger partial charge in [0.25, 0.3) is 11.8 Å². The number of nitrogens with zero attached hydrogens (tertiary/aromatic N) is 2. The minimum absolute atomic E-state index is 0.122. The van der Waals surface area contributed by atoms with Gasteiger partial charge in [-0.25, -0.2) is 9.48 Å². The van der Waals surface area contributed by atoms with Gasteiger partial charge in [0.05, 0.1) is 16.8 Å². The number of carboxylic acids is 1. The van der Waals surface area contributed by atoms with Crippen LogP contribution in [0.3, 0.4) is 0 Å². The number of amides is 2. The van der Waals surface area contributed by atoms with Crippen molar-refractivity contribution in [1.82, 2.24) is 15.1 Å². The van der Waals surface area contributed by atoms with E-state index in [-0.39, 0.29) is 28.2 Å². The Morgan fingerprint density at radius 3 is 2.36 bits per heavy atom. The molecule has 4 rings (SSSR count). The van der Waals surface area contributed by atoms with Gasteiger partial charge in [-0.05, 0) is 35.9 Å². The second-order valence-electron chi connectivity index (χ2n) is 6.12. The molecule has 0 atom stereocenters. The van der Waals surface area contributed by atoms with Crippen LogP contribution in [0.2, 0.25) is 0 Å². The fourth-order valence-corrected chi connectivity index (χ4v) is 2.97. The summed E-state index contributed by atoms with van der Waals surface area (Å²) >= 11 is 0. The topological polar surface area (TPSA) is 127 Å². The Morgan fingerprint density at radius 2 is 1.71 bits per heavy atom. The number of aromatic nitrogens is 2. The standard InChI is InChI=1S/C20H14N4O4/c21-17-15-16(23-24(17)13-4-2-1-3-5-13)14(18(25)22-19(15)26)10-11-6-8-12(9-7-11)20(27)28/h1-10H,21H2,(H,27,28)(H,22,25,26)/b14-10+. The summed E-state index contributed by atoms with van der Waals surface area (Å²) in [7, 11) is 0. The molecule has 0 saturated heterocycles. The van der Waals surface area contributed by atoms with Crippen LogP contribution in [0.15, 0.2) is 54.6 Å². The maximum atomic E-state index is 12.4. The first-order valence-electron chi connectivity index (χ1n) is 8.30. The van der Waals surface area contributed by atoms with Crippen molar-refractivity contribution in [2.45, 2.75) is 0 Å². The molecule has 0 fully saturated rings. The van der Waals surface area contributed by atoms with Crippen LogP contribution in [0.4, 0.5) is 5.82 Å². The third kappa shape index (κ3) is 2.82. The van der Waals surface area contributed by atoms with Gasteiger partial charge in [-0.15, -0.1) is 0 Å². The number of benzene rings is 2. The smallest absolute Gasteiger partial charge is 0.335 e. The first kappa shape index (κ1) is 17.2. The summed E-state index contributed by atoms with van der Waals surface area (Å²) in [6.07, 6.45) is 1.54. The highest BCUT2D eigenvalue weighted by Gasteiger charge is 2.34. The van der Waals surface area contributed by atoms with E-state index >= 15 is 0 Å². The fourth-order valence-electron chi connectivity index (χ4n) is 2.97. The van der Waals surface area contributed by atoms with Crippen molar-refractivity contribution < 1.29 is 19.5 Å². The first-order valence-corrected chi connectivity index (χ1v) is 8.30. The fraction of sp³-hybridized carbons (Fsp3) is 0. The van der Waals surface area contributed by atoms with E-state index in [0.717, 1.165) is 0 Å². The molecule has 0 radical (unpaired) electrons. The third-order valence-electron chi connectivity index (χ3n) is 4.34. The zero-order valence-electron chi connectivity index (χ0n) is 14.4. The maximum absolute atomic E-state index is 12.4. The Bertz CT molecular complexity index is 1140. The number of nitrogen functional groups attached to an aromatic ring is 1. The molecule has 0 bridgehead atoms. The molecule has 1 aromatic heterocycles. The lowest BCUT2D eigenvalue weighted by Crippen LogP contribution is -2.36. The van der Waals surface area contributed by atoms with Gasteiger partial charge in [-0.3, -0.25) is 14.9 Å². The summed E-state index contributed by atoms with van der Waals surface area (Å²) in [5, 5.41) is 15.7. The maximum Gasteiger partial charge on any atom is 0.335 e. The van der Waals surface area contributed by atoms with E-state index in [0.29, 0.717) is 11.3 Å². The summed E-state index contributed by atoms with van der Waals surface area (Å²) in [6.45, 7) is 0. The lowest BCUT2D eigenvalue weighted by atomic mass is 9.99. The Hall–Kier alpha value is -4.20. The lowest BCUT2D eigenvalue weighted by molar-refractivity contribution is -0.114. The molecule has 3 aromatic rings. The number of hydrogen-bond acceptors (Lipinski definition) is 5. The Labute approximate surface area is 158 Å². The SMILES string of the molecule is Nc1c2c(nn1-c1ccccc1)/C(=C\c1ccc(C(=O)O)cc1)C(=O)NC2=O. The molecule has 8 nitrogen and oxygen atoms in total. The average Bonchev–Trinajstić information content (AvgIpc) is 3.04. The summed E-state index contributed by atoms with van der Waals surface area (Å²) in [4.78, 5) is 35.7. The number of nitrogens with two attached hydrogens (primary N) is 1. The van der Waals surface area contributed by atoms with Gasteiger partial charge in [0.15, 0.2) is 0 Å². The molecule has 1 aliphatic heterocycles. The van der Waals surface area contributed by atoms with Gasteiger partial charge < -0.3 is 10.8 Å². The van der Waals surface area contributed by atoms with Crippen molar-refractivity contribution in [3.8, 4) is 5.69 Å². The van der Waals surface area contributed by atoms with Crippen LogP contribution in [0.25, 0.3) is 17.3 Å². The van der Waals surface area contributed by atoms with E-state index < -0.39 is 17.8 Å². The van der Waals surface area contributed by atoms with Crippen LogP contribution in [0, 0.1) is 0 Å². The number of nitrogens with one attached hydrogen (secondary N) is 1. The molecule has 28 heavy (non-hydrogen) atoms. The number of carboxylic acid groups (broad SMARTS) is 1. The van der Waals surface area contributed by atoms with Gasteiger partial charge >= 0.3 is 5.97 Å². The van der Waals surface area contributed by atoms with Crippen LogP contribution >= 0.6 is 0 Å². The van der Waals surface area contributed by atoms with Crippen LogP contribution in [-0.4, -0.2) is 32.7 Å². The molecule has 0 saturated carbocycles. The molecule has 0 unspecified atom stereocenters. The second-order valence-corrected chi connectivity index (χ2v) is 6.12. The largest absolute Gasteiger partial charge is 0.478 e. The van der Waals surface area contributed by atoms with Crippen LogP contribution in [0.5, 0.6) is 0 Å². The summed E-state index contributed by atoms with van der Waals surface area (Å²) < 4.78 is 1.41. The molecule has 138 valence electrons.